The van der Waals surface area contributed by atoms with Crippen molar-refractivity contribution < 1.29 is 14.3 Å². The molecule has 2 aromatic carbocycles. The molecule has 0 unspecified atom stereocenters. The lowest BCUT2D eigenvalue weighted by atomic mass is 10.1. The van der Waals surface area contributed by atoms with Gasteiger partial charge in [-0.15, -0.1) is 0 Å². The number of rotatable bonds is 6. The van der Waals surface area contributed by atoms with E-state index in [1.54, 1.807) is 35.2 Å². The Labute approximate surface area is 161 Å². The number of hydrogen-bond donors (Lipinski definition) is 1. The maximum atomic E-state index is 12.4. The molecule has 1 aliphatic heterocycles. The summed E-state index contributed by atoms with van der Waals surface area (Å²) in [6.45, 7) is 2.85. The summed E-state index contributed by atoms with van der Waals surface area (Å²) in [6.07, 6.45) is 3.10. The van der Waals surface area contributed by atoms with Gasteiger partial charge in [0.1, 0.15) is 5.75 Å². The fraction of sp³-hybridized carbons (Fsp3) is 0.300. The van der Waals surface area contributed by atoms with Gasteiger partial charge in [0.25, 0.3) is 11.8 Å². The van der Waals surface area contributed by atoms with E-state index in [0.29, 0.717) is 29.2 Å². The summed E-state index contributed by atoms with van der Waals surface area (Å²) in [4.78, 5) is 26.5. The quantitative estimate of drug-likeness (QED) is 0.698. The highest BCUT2D eigenvalue weighted by molar-refractivity contribution is 9.10. The van der Waals surface area contributed by atoms with E-state index >= 15 is 0 Å². The molecule has 3 rings (SSSR count). The summed E-state index contributed by atoms with van der Waals surface area (Å²) >= 11 is 3.37. The number of nitrogens with one attached hydrogen (secondary N) is 1. The van der Waals surface area contributed by atoms with E-state index in [4.69, 9.17) is 4.74 Å². The van der Waals surface area contributed by atoms with E-state index in [-0.39, 0.29) is 18.4 Å². The molecule has 5 nitrogen and oxygen atoms in total. The van der Waals surface area contributed by atoms with Crippen molar-refractivity contribution in [1.82, 2.24) is 0 Å². The molecule has 26 heavy (non-hydrogen) atoms. The molecule has 0 spiro atoms. The largest absolute Gasteiger partial charge is 0.482 e. The van der Waals surface area contributed by atoms with Gasteiger partial charge in [0.15, 0.2) is 6.61 Å². The summed E-state index contributed by atoms with van der Waals surface area (Å²) in [6, 6.07) is 12.6. The number of hydrogen-bond acceptors (Lipinski definition) is 3. The Balaban J connectivity index is 1.80. The van der Waals surface area contributed by atoms with Gasteiger partial charge in [-0.2, -0.15) is 0 Å². The van der Waals surface area contributed by atoms with E-state index in [1.807, 2.05) is 12.1 Å². The predicted molar refractivity (Wildman–Crippen MR) is 106 cm³/mol. The lowest BCUT2D eigenvalue weighted by Gasteiger charge is -2.30. The highest BCUT2D eigenvalue weighted by atomic mass is 79.9. The molecule has 1 aliphatic rings. The van der Waals surface area contributed by atoms with Gasteiger partial charge in [-0.3, -0.25) is 9.59 Å². The van der Waals surface area contributed by atoms with Crippen molar-refractivity contribution in [1.29, 1.82) is 0 Å². The first-order chi connectivity index (χ1) is 12.6. The van der Waals surface area contributed by atoms with E-state index in [0.717, 1.165) is 23.7 Å². The third-order valence-electron chi connectivity index (χ3n) is 4.23. The summed E-state index contributed by atoms with van der Waals surface area (Å²) in [5.41, 5.74) is 1.90. The summed E-state index contributed by atoms with van der Waals surface area (Å²) in [5.74, 6) is 0.414. The zero-order valence-corrected chi connectivity index (χ0v) is 16.2. The third kappa shape index (κ3) is 4.25. The van der Waals surface area contributed by atoms with Crippen LogP contribution in [-0.4, -0.2) is 25.0 Å². The van der Waals surface area contributed by atoms with Crippen LogP contribution < -0.4 is 15.0 Å². The van der Waals surface area contributed by atoms with Crippen LogP contribution in [0.2, 0.25) is 0 Å². The zero-order chi connectivity index (χ0) is 18.5. The Morgan fingerprint density at radius 1 is 1.23 bits per heavy atom. The number of benzene rings is 2. The van der Waals surface area contributed by atoms with Gasteiger partial charge in [0.05, 0.1) is 5.69 Å². The predicted octanol–water partition coefficient (Wildman–Crippen LogP) is 4.62. The van der Waals surface area contributed by atoms with Crippen LogP contribution in [0.5, 0.6) is 5.75 Å². The molecule has 136 valence electrons. The Morgan fingerprint density at radius 3 is 2.85 bits per heavy atom. The minimum atomic E-state index is -0.202. The van der Waals surface area contributed by atoms with Crippen LogP contribution in [0.25, 0.3) is 0 Å². The van der Waals surface area contributed by atoms with Gasteiger partial charge in [-0.1, -0.05) is 41.8 Å². The summed E-state index contributed by atoms with van der Waals surface area (Å²) in [7, 11) is 0. The summed E-state index contributed by atoms with van der Waals surface area (Å²) in [5, 5.41) is 2.88. The Bertz CT molecular complexity index is 822. The fourth-order valence-electron chi connectivity index (χ4n) is 2.88. The first-order valence-corrected chi connectivity index (χ1v) is 9.52. The van der Waals surface area contributed by atoms with Gasteiger partial charge in [-0.25, -0.2) is 0 Å². The van der Waals surface area contributed by atoms with Gasteiger partial charge in [-0.05, 0) is 42.8 Å². The molecule has 0 fully saturated rings. The van der Waals surface area contributed by atoms with Crippen LogP contribution in [0, 0.1) is 0 Å². The maximum Gasteiger partial charge on any atom is 0.265 e. The first-order valence-electron chi connectivity index (χ1n) is 8.72. The van der Waals surface area contributed by atoms with Crippen molar-refractivity contribution in [3.05, 3.63) is 52.5 Å². The van der Waals surface area contributed by atoms with Crippen LogP contribution in [0.15, 0.2) is 46.9 Å². The van der Waals surface area contributed by atoms with Crippen molar-refractivity contribution in [2.24, 2.45) is 0 Å². The molecule has 2 aromatic rings. The fourth-order valence-corrected chi connectivity index (χ4v) is 3.28. The Hall–Kier alpha value is -2.34. The highest BCUT2D eigenvalue weighted by Crippen LogP contribution is 2.35. The molecule has 1 N–H and O–H groups in total. The number of fused-ring (bicyclic) bond motifs is 1. The number of carbonyl (C=O) groups excluding carboxylic acids is 2. The molecule has 6 heteroatoms. The SMILES string of the molecule is CCCCCN1C(=O)COc2ccc(NC(=O)c3cccc(Br)c3)cc21. The molecule has 0 atom stereocenters. The van der Waals surface area contributed by atoms with Crippen molar-refractivity contribution in [3.8, 4) is 5.75 Å². The lowest BCUT2D eigenvalue weighted by Crippen LogP contribution is -2.39. The van der Waals surface area contributed by atoms with Crippen LogP contribution in [0.3, 0.4) is 0 Å². The number of ether oxygens (including phenoxy) is 1. The second-order valence-electron chi connectivity index (χ2n) is 6.19. The number of nitrogens with zero attached hydrogens (tertiary/aromatic N) is 1. The number of carbonyl (C=O) groups is 2. The van der Waals surface area contributed by atoms with Crippen molar-refractivity contribution in [2.75, 3.05) is 23.4 Å². The first kappa shape index (κ1) is 18.5. The standard InChI is InChI=1S/C20H21BrN2O3/c1-2-3-4-10-23-17-12-16(8-9-18(17)26-13-19(23)24)22-20(25)14-6-5-7-15(21)11-14/h5-9,11-12H,2-4,10,13H2,1H3,(H,22,25). The Morgan fingerprint density at radius 2 is 2.08 bits per heavy atom. The topological polar surface area (TPSA) is 58.6 Å². The van der Waals surface area contributed by atoms with Crippen LogP contribution >= 0.6 is 15.9 Å². The van der Waals surface area contributed by atoms with Crippen LogP contribution in [-0.2, 0) is 4.79 Å². The average Bonchev–Trinajstić information content (AvgIpc) is 2.63. The number of halogens is 1. The number of amides is 2. The zero-order valence-electron chi connectivity index (χ0n) is 14.6. The van der Waals surface area contributed by atoms with Gasteiger partial charge in [0, 0.05) is 22.3 Å². The number of unbranched alkanes of at least 4 members (excludes halogenated alkanes) is 2. The normalized spacial score (nSPS) is 13.2. The van der Waals surface area contributed by atoms with E-state index in [1.165, 1.54) is 0 Å². The summed E-state index contributed by atoms with van der Waals surface area (Å²) < 4.78 is 6.37. The van der Waals surface area contributed by atoms with Crippen molar-refractivity contribution in [3.63, 3.8) is 0 Å². The van der Waals surface area contributed by atoms with Crippen molar-refractivity contribution in [2.45, 2.75) is 26.2 Å². The van der Waals surface area contributed by atoms with E-state index in [2.05, 4.69) is 28.2 Å². The molecule has 0 bridgehead atoms. The molecule has 0 saturated heterocycles. The average molecular weight is 417 g/mol. The minimum Gasteiger partial charge on any atom is -0.482 e. The third-order valence-corrected chi connectivity index (χ3v) is 4.73. The molecule has 0 aliphatic carbocycles. The van der Waals surface area contributed by atoms with Gasteiger partial charge in [0.2, 0.25) is 0 Å². The minimum absolute atomic E-state index is 0.0518. The highest BCUT2D eigenvalue weighted by Gasteiger charge is 2.25. The van der Waals surface area contributed by atoms with E-state index < -0.39 is 0 Å². The Kier molecular flexibility index (Phi) is 5.93. The monoisotopic (exact) mass is 416 g/mol. The second kappa shape index (κ2) is 8.36. The van der Waals surface area contributed by atoms with Gasteiger partial charge >= 0.3 is 0 Å². The smallest absolute Gasteiger partial charge is 0.265 e. The maximum absolute atomic E-state index is 12.4. The molecule has 0 saturated carbocycles. The number of anilines is 2. The second-order valence-corrected chi connectivity index (χ2v) is 7.10. The lowest BCUT2D eigenvalue weighted by molar-refractivity contribution is -0.121. The van der Waals surface area contributed by atoms with Crippen LogP contribution in [0.4, 0.5) is 11.4 Å². The van der Waals surface area contributed by atoms with Crippen molar-refractivity contribution >= 4 is 39.1 Å². The molecular weight excluding hydrogens is 396 g/mol. The molecule has 0 aromatic heterocycles. The van der Waals surface area contributed by atoms with Crippen LogP contribution in [0.1, 0.15) is 36.5 Å². The molecule has 2 amide bonds. The van der Waals surface area contributed by atoms with Gasteiger partial charge < -0.3 is 15.0 Å². The molecule has 0 radical (unpaired) electrons. The van der Waals surface area contributed by atoms with E-state index in [9.17, 15) is 9.59 Å². The molecular formula is C20H21BrN2O3. The molecule has 1 heterocycles.